The molecule has 0 radical (unpaired) electrons. The van der Waals surface area contributed by atoms with Crippen LogP contribution in [0.15, 0.2) is 11.2 Å². The summed E-state index contributed by atoms with van der Waals surface area (Å²) in [4.78, 5) is 6.57. The highest BCUT2D eigenvalue weighted by molar-refractivity contribution is 14.0. The second kappa shape index (κ2) is 11.7. The molecule has 0 saturated heterocycles. The molecule has 0 bridgehead atoms. The van der Waals surface area contributed by atoms with E-state index in [4.69, 9.17) is 0 Å². The minimum absolute atomic E-state index is 0. The molecule has 0 aliphatic rings. The van der Waals surface area contributed by atoms with E-state index in [0.29, 0.717) is 5.92 Å². The molecule has 0 aliphatic heterocycles. The molecule has 0 saturated carbocycles. The third-order valence-corrected chi connectivity index (χ3v) is 3.96. The molecule has 0 spiro atoms. The van der Waals surface area contributed by atoms with Crippen molar-refractivity contribution < 1.29 is 0 Å². The highest BCUT2D eigenvalue weighted by Crippen LogP contribution is 2.18. The molecule has 1 heterocycles. The van der Waals surface area contributed by atoms with Crippen molar-refractivity contribution in [3.8, 4) is 0 Å². The monoisotopic (exact) mass is 449 g/mol. The average molecular weight is 449 g/mol. The maximum absolute atomic E-state index is 4.58. The molecule has 6 heteroatoms. The molecular formula is C18H36IN5. The summed E-state index contributed by atoms with van der Waals surface area (Å²) >= 11 is 0. The number of nitrogens with zero attached hydrogens (tertiary/aromatic N) is 4. The fourth-order valence-electron chi connectivity index (χ4n) is 2.76. The van der Waals surface area contributed by atoms with Crippen molar-refractivity contribution in [3.63, 3.8) is 0 Å². The first-order valence-electron chi connectivity index (χ1n) is 8.79. The minimum atomic E-state index is 0. The molecule has 0 amide bonds. The standard InChI is InChI=1S/C18H35N5.HI/c1-14(2)10-8-9-11-20-18(19-5)22(6)12-16-13-23(7)21-17(16)15(3)4;/h13-15H,8-12H2,1-7H3,(H,19,20);1H. The molecule has 24 heavy (non-hydrogen) atoms. The number of unbranched alkanes of at least 4 members (excludes halogenated alkanes) is 1. The lowest BCUT2D eigenvalue weighted by atomic mass is 10.1. The Morgan fingerprint density at radius 1 is 1.29 bits per heavy atom. The van der Waals surface area contributed by atoms with Crippen molar-refractivity contribution in [3.05, 3.63) is 17.5 Å². The Bertz CT molecular complexity index is 494. The Kier molecular flexibility index (Phi) is 11.3. The number of aliphatic imine (C=N–C) groups is 1. The summed E-state index contributed by atoms with van der Waals surface area (Å²) in [5, 5.41) is 8.05. The SMILES string of the molecule is CN=C(NCCCCC(C)C)N(C)Cc1cn(C)nc1C(C)C.I. The van der Waals surface area contributed by atoms with E-state index < -0.39 is 0 Å². The summed E-state index contributed by atoms with van der Waals surface area (Å²) in [5.74, 6) is 2.18. The zero-order valence-corrected chi connectivity index (χ0v) is 18.8. The molecule has 5 nitrogen and oxygen atoms in total. The van der Waals surface area contributed by atoms with Crippen molar-refractivity contribution >= 4 is 29.9 Å². The van der Waals surface area contributed by atoms with Crippen molar-refractivity contribution in [1.29, 1.82) is 0 Å². The molecule has 140 valence electrons. The first kappa shape index (κ1) is 23.2. The number of nitrogens with one attached hydrogen (secondary N) is 1. The van der Waals surface area contributed by atoms with Crippen LogP contribution in [0.25, 0.3) is 0 Å². The quantitative estimate of drug-likeness (QED) is 0.283. The predicted octanol–water partition coefficient (Wildman–Crippen LogP) is 4.00. The second-order valence-corrected chi connectivity index (χ2v) is 7.09. The molecular weight excluding hydrogens is 413 g/mol. The van der Waals surface area contributed by atoms with Gasteiger partial charge in [0.1, 0.15) is 0 Å². The summed E-state index contributed by atoms with van der Waals surface area (Å²) < 4.78 is 1.90. The van der Waals surface area contributed by atoms with Gasteiger partial charge in [0.05, 0.1) is 5.69 Å². The summed E-state index contributed by atoms with van der Waals surface area (Å²) in [6.45, 7) is 10.7. The maximum Gasteiger partial charge on any atom is 0.193 e. The second-order valence-electron chi connectivity index (χ2n) is 7.09. The molecule has 0 atom stereocenters. The van der Waals surface area contributed by atoms with Crippen LogP contribution >= 0.6 is 24.0 Å². The minimum Gasteiger partial charge on any atom is -0.356 e. The van der Waals surface area contributed by atoms with E-state index in [9.17, 15) is 0 Å². The van der Waals surface area contributed by atoms with Gasteiger partial charge >= 0.3 is 0 Å². The van der Waals surface area contributed by atoms with Crippen LogP contribution in [0.3, 0.4) is 0 Å². The van der Waals surface area contributed by atoms with Crippen LogP contribution in [0.5, 0.6) is 0 Å². The lowest BCUT2D eigenvalue weighted by molar-refractivity contribution is 0.468. The number of guanidine groups is 1. The van der Waals surface area contributed by atoms with Gasteiger partial charge in [0.2, 0.25) is 0 Å². The van der Waals surface area contributed by atoms with E-state index in [-0.39, 0.29) is 24.0 Å². The lowest BCUT2D eigenvalue weighted by Crippen LogP contribution is -2.39. The van der Waals surface area contributed by atoms with Gasteiger partial charge in [-0.2, -0.15) is 5.10 Å². The van der Waals surface area contributed by atoms with Gasteiger partial charge in [0, 0.05) is 46.0 Å². The molecule has 1 N–H and O–H groups in total. The zero-order chi connectivity index (χ0) is 17.4. The van der Waals surface area contributed by atoms with Crippen molar-refractivity contribution in [2.45, 2.75) is 59.4 Å². The summed E-state index contributed by atoms with van der Waals surface area (Å²) in [5.41, 5.74) is 2.44. The van der Waals surface area contributed by atoms with Gasteiger partial charge in [-0.05, 0) is 18.3 Å². The van der Waals surface area contributed by atoms with Crippen LogP contribution in [0, 0.1) is 5.92 Å². The van der Waals surface area contributed by atoms with E-state index >= 15 is 0 Å². The smallest absolute Gasteiger partial charge is 0.193 e. The van der Waals surface area contributed by atoms with Crippen LogP contribution in [-0.2, 0) is 13.6 Å². The van der Waals surface area contributed by atoms with Crippen LogP contribution in [0.1, 0.15) is 64.1 Å². The Hall–Kier alpha value is -0.790. The zero-order valence-electron chi connectivity index (χ0n) is 16.5. The van der Waals surface area contributed by atoms with Gasteiger partial charge in [-0.25, -0.2) is 0 Å². The number of aromatic nitrogens is 2. The predicted molar refractivity (Wildman–Crippen MR) is 114 cm³/mol. The van der Waals surface area contributed by atoms with Crippen molar-refractivity contribution in [2.24, 2.45) is 18.0 Å². The fraction of sp³-hybridized carbons (Fsp3) is 0.778. The number of halogens is 1. The van der Waals surface area contributed by atoms with Gasteiger partial charge in [-0.3, -0.25) is 9.67 Å². The first-order chi connectivity index (χ1) is 10.8. The molecule has 0 fully saturated rings. The molecule has 0 unspecified atom stereocenters. The molecule has 0 aromatic carbocycles. The topological polar surface area (TPSA) is 45.5 Å². The summed E-state index contributed by atoms with van der Waals surface area (Å²) in [6.07, 6.45) is 5.87. The van der Waals surface area contributed by atoms with E-state index in [2.05, 4.69) is 61.2 Å². The number of hydrogen-bond donors (Lipinski definition) is 1. The van der Waals surface area contributed by atoms with E-state index in [1.807, 2.05) is 18.8 Å². The van der Waals surface area contributed by atoms with Gasteiger partial charge in [0.25, 0.3) is 0 Å². The van der Waals surface area contributed by atoms with Crippen LogP contribution in [0.2, 0.25) is 0 Å². The lowest BCUT2D eigenvalue weighted by Gasteiger charge is -2.22. The average Bonchev–Trinajstić information content (AvgIpc) is 2.83. The normalized spacial score (nSPS) is 11.8. The highest BCUT2D eigenvalue weighted by Gasteiger charge is 2.14. The Morgan fingerprint density at radius 2 is 1.96 bits per heavy atom. The third kappa shape index (κ3) is 7.85. The Labute approximate surface area is 165 Å². The Balaban J connectivity index is 0.00000529. The first-order valence-corrected chi connectivity index (χ1v) is 8.79. The van der Waals surface area contributed by atoms with E-state index in [1.54, 1.807) is 0 Å². The van der Waals surface area contributed by atoms with Crippen LogP contribution < -0.4 is 5.32 Å². The summed E-state index contributed by atoms with van der Waals surface area (Å²) in [7, 11) is 5.91. The number of rotatable bonds is 8. The van der Waals surface area contributed by atoms with Crippen LogP contribution in [-0.4, -0.2) is 41.3 Å². The van der Waals surface area contributed by atoms with Crippen molar-refractivity contribution in [2.75, 3.05) is 20.6 Å². The third-order valence-electron chi connectivity index (χ3n) is 3.96. The molecule has 1 rings (SSSR count). The number of hydrogen-bond acceptors (Lipinski definition) is 2. The maximum atomic E-state index is 4.58. The largest absolute Gasteiger partial charge is 0.356 e. The van der Waals surface area contributed by atoms with Crippen molar-refractivity contribution in [1.82, 2.24) is 20.0 Å². The fourth-order valence-corrected chi connectivity index (χ4v) is 2.76. The van der Waals surface area contributed by atoms with Gasteiger partial charge < -0.3 is 10.2 Å². The molecule has 0 aliphatic carbocycles. The van der Waals surface area contributed by atoms with Gasteiger partial charge in [-0.1, -0.05) is 40.5 Å². The van der Waals surface area contributed by atoms with E-state index in [0.717, 1.165) is 25.0 Å². The highest BCUT2D eigenvalue weighted by atomic mass is 127. The van der Waals surface area contributed by atoms with E-state index in [1.165, 1.54) is 30.5 Å². The summed E-state index contributed by atoms with van der Waals surface area (Å²) in [6, 6.07) is 0. The molecule has 1 aromatic heterocycles. The van der Waals surface area contributed by atoms with Crippen LogP contribution in [0.4, 0.5) is 0 Å². The van der Waals surface area contributed by atoms with Gasteiger partial charge in [-0.15, -0.1) is 24.0 Å². The molecule has 1 aromatic rings. The Morgan fingerprint density at radius 3 is 2.50 bits per heavy atom. The number of aryl methyl sites for hydroxylation is 1. The van der Waals surface area contributed by atoms with Gasteiger partial charge in [0.15, 0.2) is 5.96 Å².